The van der Waals surface area contributed by atoms with Crippen LogP contribution in [-0.2, 0) is 4.74 Å². The van der Waals surface area contributed by atoms with E-state index in [0.717, 1.165) is 31.2 Å². The van der Waals surface area contributed by atoms with E-state index in [1.807, 2.05) is 12.3 Å². The molecule has 0 radical (unpaired) electrons. The third-order valence-corrected chi connectivity index (χ3v) is 11.4. The van der Waals surface area contributed by atoms with Gasteiger partial charge in [-0.2, -0.15) is 5.10 Å². The molecule has 0 spiro atoms. The minimum atomic E-state index is -1.45. The number of nitrogens with zero attached hydrogens (tertiary/aromatic N) is 3. The zero-order valence-electron chi connectivity index (χ0n) is 20.5. The first kappa shape index (κ1) is 25.1. The van der Waals surface area contributed by atoms with Crippen molar-refractivity contribution in [2.24, 2.45) is 5.92 Å². The van der Waals surface area contributed by atoms with Crippen LogP contribution in [0.1, 0.15) is 51.2 Å². The van der Waals surface area contributed by atoms with E-state index in [2.05, 4.69) is 48.9 Å². The summed E-state index contributed by atoms with van der Waals surface area (Å²) < 4.78 is 21.8. The maximum Gasteiger partial charge on any atom is 0.158 e. The predicted octanol–water partition coefficient (Wildman–Crippen LogP) is 6.53. The second kappa shape index (κ2) is 9.57. The molecular formula is C25H34ClFN4O2Si. The lowest BCUT2D eigenvalue weighted by molar-refractivity contribution is -0.0590. The zero-order valence-corrected chi connectivity index (χ0v) is 22.2. The van der Waals surface area contributed by atoms with E-state index in [1.54, 1.807) is 10.6 Å². The standard InChI is InChI=1S/C25H34ClFN4O2Si/c1-25(2,34(3,4)5)33-18-9-6-16(7-10-18)23(32)19-12-13-31-22(19)24(28-15-29-31)30-17-8-11-21(27)20(26)14-17/h8,11-16,18,23,32H,6-7,9-10H2,1-5H3,(H,28,29,30)/t16-,18-,23?. The van der Waals surface area contributed by atoms with Crippen molar-refractivity contribution in [2.45, 2.75) is 76.6 Å². The van der Waals surface area contributed by atoms with Crippen LogP contribution in [0.5, 0.6) is 0 Å². The Bertz CT molecular complexity index is 1160. The van der Waals surface area contributed by atoms with Crippen molar-refractivity contribution in [3.63, 3.8) is 0 Å². The van der Waals surface area contributed by atoms with Gasteiger partial charge in [-0.3, -0.25) is 0 Å². The Hall–Kier alpha value is -2.00. The lowest BCUT2D eigenvalue weighted by Crippen LogP contribution is -2.51. The summed E-state index contributed by atoms with van der Waals surface area (Å²) in [5, 5.41) is 18.8. The molecule has 1 aliphatic carbocycles. The summed E-state index contributed by atoms with van der Waals surface area (Å²) in [7, 11) is -1.45. The van der Waals surface area contributed by atoms with Gasteiger partial charge in [0.2, 0.25) is 0 Å². The molecule has 1 atom stereocenters. The summed E-state index contributed by atoms with van der Waals surface area (Å²) >= 11 is 5.94. The first-order chi connectivity index (χ1) is 16.0. The molecular weight excluding hydrogens is 471 g/mol. The highest BCUT2D eigenvalue weighted by Gasteiger charge is 2.39. The quantitative estimate of drug-likeness (QED) is 0.358. The highest BCUT2D eigenvalue weighted by molar-refractivity contribution is 6.78. The number of halogens is 2. The number of aliphatic hydroxyl groups excluding tert-OH is 1. The summed E-state index contributed by atoms with van der Waals surface area (Å²) in [6.07, 6.45) is 6.54. The summed E-state index contributed by atoms with van der Waals surface area (Å²) in [4.78, 5) is 4.38. The molecule has 34 heavy (non-hydrogen) atoms. The van der Waals surface area contributed by atoms with Crippen LogP contribution < -0.4 is 5.32 Å². The average Bonchev–Trinajstić information content (AvgIpc) is 3.20. The fourth-order valence-corrected chi connectivity index (χ4v) is 5.09. The molecule has 1 fully saturated rings. The van der Waals surface area contributed by atoms with Crippen molar-refractivity contribution in [2.75, 3.05) is 5.32 Å². The Morgan fingerprint density at radius 1 is 1.21 bits per heavy atom. The van der Waals surface area contributed by atoms with E-state index in [-0.39, 0.29) is 22.3 Å². The fraction of sp³-hybridized carbons (Fsp3) is 0.520. The number of rotatable bonds is 7. The van der Waals surface area contributed by atoms with E-state index >= 15 is 0 Å². The van der Waals surface area contributed by atoms with Gasteiger partial charge in [-0.1, -0.05) is 31.2 Å². The first-order valence-electron chi connectivity index (χ1n) is 11.9. The van der Waals surface area contributed by atoms with Gasteiger partial charge in [-0.05, 0) is 69.7 Å². The number of ether oxygens (including phenoxy) is 1. The van der Waals surface area contributed by atoms with Crippen molar-refractivity contribution in [3.8, 4) is 0 Å². The molecule has 1 unspecified atom stereocenters. The topological polar surface area (TPSA) is 71.7 Å². The van der Waals surface area contributed by atoms with E-state index < -0.39 is 20.0 Å². The smallest absolute Gasteiger partial charge is 0.158 e. The maximum atomic E-state index is 13.6. The van der Waals surface area contributed by atoms with Crippen molar-refractivity contribution in [3.05, 3.63) is 53.2 Å². The Labute approximate surface area is 206 Å². The van der Waals surface area contributed by atoms with Crippen LogP contribution in [-0.4, -0.2) is 39.1 Å². The van der Waals surface area contributed by atoms with Crippen LogP contribution in [0.4, 0.5) is 15.9 Å². The Kier molecular flexibility index (Phi) is 7.06. The van der Waals surface area contributed by atoms with Crippen LogP contribution in [0, 0.1) is 11.7 Å². The molecule has 9 heteroatoms. The van der Waals surface area contributed by atoms with Crippen LogP contribution in [0.25, 0.3) is 5.52 Å². The molecule has 0 amide bonds. The number of aromatic nitrogens is 3. The summed E-state index contributed by atoms with van der Waals surface area (Å²) in [6, 6.07) is 6.31. The third-order valence-electron chi connectivity index (χ3n) is 7.42. The van der Waals surface area contributed by atoms with Crippen molar-refractivity contribution in [1.29, 1.82) is 0 Å². The predicted molar refractivity (Wildman–Crippen MR) is 137 cm³/mol. The Morgan fingerprint density at radius 2 is 1.91 bits per heavy atom. The molecule has 0 saturated heterocycles. The molecule has 3 aromatic rings. The molecule has 0 aliphatic heterocycles. The third kappa shape index (κ3) is 5.15. The maximum absolute atomic E-state index is 13.6. The number of benzene rings is 1. The van der Waals surface area contributed by atoms with Gasteiger partial charge in [0, 0.05) is 17.4 Å². The van der Waals surface area contributed by atoms with E-state index in [1.165, 1.54) is 18.5 Å². The SMILES string of the molecule is CC(C)(O[C@H]1CC[C@H](C(O)c2ccn3ncnc(Nc4ccc(F)c(Cl)c4)c23)CC1)[Si](C)(C)C. The van der Waals surface area contributed by atoms with E-state index in [0.29, 0.717) is 17.0 Å². The van der Waals surface area contributed by atoms with Crippen LogP contribution in [0.2, 0.25) is 24.7 Å². The van der Waals surface area contributed by atoms with Crippen LogP contribution in [0.15, 0.2) is 36.8 Å². The van der Waals surface area contributed by atoms with E-state index in [4.69, 9.17) is 16.3 Å². The summed E-state index contributed by atoms with van der Waals surface area (Å²) in [5.41, 5.74) is 2.09. The zero-order chi connectivity index (χ0) is 24.7. The average molecular weight is 505 g/mol. The second-order valence-corrected chi connectivity index (χ2v) is 16.9. The van der Waals surface area contributed by atoms with Crippen molar-refractivity contribution in [1.82, 2.24) is 14.6 Å². The van der Waals surface area contributed by atoms with Crippen molar-refractivity contribution >= 4 is 36.7 Å². The van der Waals surface area contributed by atoms with Gasteiger partial charge in [-0.15, -0.1) is 0 Å². The monoisotopic (exact) mass is 504 g/mol. The molecule has 2 N–H and O–H groups in total. The molecule has 0 bridgehead atoms. The number of hydrogen-bond donors (Lipinski definition) is 2. The Balaban J connectivity index is 1.50. The van der Waals surface area contributed by atoms with Gasteiger partial charge < -0.3 is 15.2 Å². The van der Waals surface area contributed by atoms with Gasteiger partial charge in [0.1, 0.15) is 17.7 Å². The minimum Gasteiger partial charge on any atom is -0.388 e. The van der Waals surface area contributed by atoms with Gasteiger partial charge in [-0.25, -0.2) is 13.9 Å². The molecule has 184 valence electrons. The number of nitrogens with one attached hydrogen (secondary N) is 1. The number of hydrogen-bond acceptors (Lipinski definition) is 5. The fourth-order valence-electron chi connectivity index (χ4n) is 4.39. The van der Waals surface area contributed by atoms with Crippen molar-refractivity contribution < 1.29 is 14.2 Å². The largest absolute Gasteiger partial charge is 0.388 e. The molecule has 6 nitrogen and oxygen atoms in total. The second-order valence-electron chi connectivity index (χ2n) is 10.8. The Morgan fingerprint density at radius 3 is 2.56 bits per heavy atom. The molecule has 4 rings (SSSR count). The van der Waals surface area contributed by atoms with Crippen LogP contribution in [0.3, 0.4) is 0 Å². The normalized spacial score (nSPS) is 20.5. The molecule has 1 saturated carbocycles. The molecule has 1 aliphatic rings. The van der Waals surface area contributed by atoms with Crippen LogP contribution >= 0.6 is 11.6 Å². The van der Waals surface area contributed by atoms with Gasteiger partial charge in [0.15, 0.2) is 5.82 Å². The number of aliphatic hydroxyl groups is 1. The van der Waals surface area contributed by atoms with Gasteiger partial charge in [0.05, 0.1) is 30.5 Å². The van der Waals surface area contributed by atoms with Gasteiger partial charge >= 0.3 is 0 Å². The lowest BCUT2D eigenvalue weighted by Gasteiger charge is -2.42. The van der Waals surface area contributed by atoms with Gasteiger partial charge in [0.25, 0.3) is 0 Å². The molecule has 1 aromatic carbocycles. The minimum absolute atomic E-state index is 0.0296. The lowest BCUT2D eigenvalue weighted by atomic mass is 9.81. The molecule has 2 aromatic heterocycles. The highest BCUT2D eigenvalue weighted by atomic mass is 35.5. The highest BCUT2D eigenvalue weighted by Crippen LogP contribution is 2.40. The van der Waals surface area contributed by atoms with E-state index in [9.17, 15) is 9.50 Å². The molecule has 2 heterocycles. The number of anilines is 2. The summed E-state index contributed by atoms with van der Waals surface area (Å²) in [6.45, 7) is 11.5. The summed E-state index contributed by atoms with van der Waals surface area (Å²) in [5.74, 6) is 0.187. The number of fused-ring (bicyclic) bond motifs is 1. The first-order valence-corrected chi connectivity index (χ1v) is 15.7.